The van der Waals surface area contributed by atoms with Gasteiger partial charge < -0.3 is 20.3 Å². The molecule has 6 heteroatoms. The number of aliphatic imine (C=N–C) groups is 1. The predicted octanol–water partition coefficient (Wildman–Crippen LogP) is 2.55. The normalized spacial score (nSPS) is 17.2. The van der Waals surface area contributed by atoms with Crippen molar-refractivity contribution < 1.29 is 9.63 Å². The van der Waals surface area contributed by atoms with E-state index in [-0.39, 0.29) is 0 Å². The van der Waals surface area contributed by atoms with Crippen molar-refractivity contribution in [3.05, 3.63) is 17.5 Å². The van der Waals surface area contributed by atoms with Gasteiger partial charge in [-0.15, -0.1) is 0 Å². The summed E-state index contributed by atoms with van der Waals surface area (Å²) in [5.74, 6) is 1.93. The van der Waals surface area contributed by atoms with E-state index in [1.54, 1.807) is 0 Å². The first-order valence-corrected chi connectivity index (χ1v) is 8.80. The summed E-state index contributed by atoms with van der Waals surface area (Å²) in [6.07, 6.45) is 4.95. The van der Waals surface area contributed by atoms with Gasteiger partial charge in [-0.05, 0) is 39.0 Å². The van der Waals surface area contributed by atoms with Crippen LogP contribution in [0.3, 0.4) is 0 Å². The molecule has 1 saturated carbocycles. The summed E-state index contributed by atoms with van der Waals surface area (Å²) in [7, 11) is 0. The SMILES string of the molecule is CCNC(=NCc1cc(C(CC)CC)no1)NCC1(O)CCC1. The molecule has 0 saturated heterocycles. The molecule has 0 spiro atoms. The molecule has 0 aliphatic heterocycles. The second-order valence-electron chi connectivity index (χ2n) is 6.36. The lowest BCUT2D eigenvalue weighted by molar-refractivity contribution is -0.0279. The van der Waals surface area contributed by atoms with Gasteiger partial charge in [0.15, 0.2) is 11.7 Å². The Bertz CT molecular complexity index is 504. The number of hydrogen-bond acceptors (Lipinski definition) is 4. The van der Waals surface area contributed by atoms with E-state index < -0.39 is 5.60 Å². The van der Waals surface area contributed by atoms with Gasteiger partial charge in [0, 0.05) is 25.1 Å². The zero-order valence-corrected chi connectivity index (χ0v) is 14.6. The number of rotatable bonds is 8. The fraction of sp³-hybridized carbons (Fsp3) is 0.765. The molecule has 1 aromatic heterocycles. The van der Waals surface area contributed by atoms with Crippen molar-refractivity contribution >= 4 is 5.96 Å². The molecule has 0 atom stereocenters. The van der Waals surface area contributed by atoms with Gasteiger partial charge in [-0.2, -0.15) is 0 Å². The minimum absolute atomic E-state index is 0.445. The average Bonchev–Trinajstić information content (AvgIpc) is 2.98. The standard InChI is InChI=1S/C17H30N4O2/c1-4-13(5-2)15-10-14(23-21-15)11-19-16(18-6-3)20-12-17(22)8-7-9-17/h10,13,22H,4-9,11-12H2,1-3H3,(H2,18,19,20). The Hall–Kier alpha value is -1.56. The molecule has 1 heterocycles. The van der Waals surface area contributed by atoms with E-state index >= 15 is 0 Å². The molecule has 0 amide bonds. The number of hydrogen-bond donors (Lipinski definition) is 3. The summed E-state index contributed by atoms with van der Waals surface area (Å²) < 4.78 is 5.39. The smallest absolute Gasteiger partial charge is 0.191 e. The quantitative estimate of drug-likeness (QED) is 0.506. The van der Waals surface area contributed by atoms with Crippen LogP contribution < -0.4 is 10.6 Å². The maximum atomic E-state index is 10.2. The second kappa shape index (κ2) is 8.34. The average molecular weight is 322 g/mol. The number of nitrogens with one attached hydrogen (secondary N) is 2. The molecule has 1 aromatic rings. The number of aliphatic hydroxyl groups is 1. The number of aromatic nitrogens is 1. The lowest BCUT2D eigenvalue weighted by Gasteiger charge is -2.36. The Labute approximate surface area is 138 Å². The van der Waals surface area contributed by atoms with E-state index in [9.17, 15) is 5.11 Å². The summed E-state index contributed by atoms with van der Waals surface area (Å²) in [6.45, 7) is 8.11. The molecule has 0 radical (unpaired) electrons. The zero-order chi connectivity index (χ0) is 16.7. The Kier molecular flexibility index (Phi) is 6.45. The van der Waals surface area contributed by atoms with E-state index in [0.29, 0.717) is 25.0 Å². The van der Waals surface area contributed by atoms with Gasteiger partial charge in [0.05, 0.1) is 11.3 Å². The first-order chi connectivity index (χ1) is 11.1. The fourth-order valence-corrected chi connectivity index (χ4v) is 2.81. The third-order valence-electron chi connectivity index (χ3n) is 4.59. The zero-order valence-electron chi connectivity index (χ0n) is 14.6. The van der Waals surface area contributed by atoms with Crippen LogP contribution in [0.4, 0.5) is 0 Å². The molecule has 23 heavy (non-hydrogen) atoms. The van der Waals surface area contributed by atoms with Gasteiger partial charge in [-0.1, -0.05) is 19.0 Å². The van der Waals surface area contributed by atoms with Crippen molar-refractivity contribution in [2.75, 3.05) is 13.1 Å². The maximum absolute atomic E-state index is 10.2. The van der Waals surface area contributed by atoms with Crippen LogP contribution in [0.2, 0.25) is 0 Å². The highest BCUT2D eigenvalue weighted by atomic mass is 16.5. The molecular formula is C17H30N4O2. The molecule has 1 aliphatic rings. The van der Waals surface area contributed by atoms with E-state index in [2.05, 4.69) is 34.6 Å². The number of nitrogens with zero attached hydrogens (tertiary/aromatic N) is 2. The highest BCUT2D eigenvalue weighted by molar-refractivity contribution is 5.79. The molecule has 0 aromatic carbocycles. The van der Waals surface area contributed by atoms with Gasteiger partial charge in [0.25, 0.3) is 0 Å². The first-order valence-electron chi connectivity index (χ1n) is 8.80. The van der Waals surface area contributed by atoms with Gasteiger partial charge in [-0.3, -0.25) is 0 Å². The van der Waals surface area contributed by atoms with Crippen molar-refractivity contribution in [2.24, 2.45) is 4.99 Å². The van der Waals surface area contributed by atoms with Crippen molar-refractivity contribution in [2.45, 2.75) is 70.9 Å². The van der Waals surface area contributed by atoms with E-state index in [0.717, 1.165) is 50.1 Å². The van der Waals surface area contributed by atoms with Crippen LogP contribution in [-0.4, -0.2) is 34.9 Å². The van der Waals surface area contributed by atoms with Crippen molar-refractivity contribution in [1.82, 2.24) is 15.8 Å². The van der Waals surface area contributed by atoms with Crippen LogP contribution in [0.15, 0.2) is 15.6 Å². The monoisotopic (exact) mass is 322 g/mol. The van der Waals surface area contributed by atoms with Gasteiger partial charge in [-0.25, -0.2) is 4.99 Å². The summed E-state index contributed by atoms with van der Waals surface area (Å²) in [5.41, 5.74) is 0.451. The van der Waals surface area contributed by atoms with Gasteiger partial charge in [0.1, 0.15) is 6.54 Å². The van der Waals surface area contributed by atoms with Crippen LogP contribution in [0.1, 0.15) is 70.2 Å². The highest BCUT2D eigenvalue weighted by Gasteiger charge is 2.34. The minimum Gasteiger partial charge on any atom is -0.388 e. The Morgan fingerprint density at radius 2 is 2.09 bits per heavy atom. The third kappa shape index (κ3) is 4.96. The molecule has 3 N–H and O–H groups in total. The summed E-state index contributed by atoms with van der Waals surface area (Å²) in [4.78, 5) is 4.52. The Morgan fingerprint density at radius 3 is 2.65 bits per heavy atom. The Balaban J connectivity index is 1.91. The molecule has 2 rings (SSSR count). The largest absolute Gasteiger partial charge is 0.388 e. The van der Waals surface area contributed by atoms with Crippen LogP contribution in [-0.2, 0) is 6.54 Å². The molecule has 0 bridgehead atoms. The lowest BCUT2D eigenvalue weighted by atomic mass is 9.80. The highest BCUT2D eigenvalue weighted by Crippen LogP contribution is 2.30. The molecule has 130 valence electrons. The topological polar surface area (TPSA) is 82.7 Å². The molecule has 0 unspecified atom stereocenters. The molecule has 6 nitrogen and oxygen atoms in total. The predicted molar refractivity (Wildman–Crippen MR) is 91.4 cm³/mol. The van der Waals surface area contributed by atoms with Crippen LogP contribution >= 0.6 is 0 Å². The third-order valence-corrected chi connectivity index (χ3v) is 4.59. The maximum Gasteiger partial charge on any atom is 0.191 e. The van der Waals surface area contributed by atoms with Crippen molar-refractivity contribution in [1.29, 1.82) is 0 Å². The summed E-state index contributed by atoms with van der Waals surface area (Å²) >= 11 is 0. The van der Waals surface area contributed by atoms with E-state index in [1.165, 1.54) is 0 Å². The number of guanidine groups is 1. The summed E-state index contributed by atoms with van der Waals surface area (Å²) in [6, 6.07) is 2.00. The molecule has 1 aliphatic carbocycles. The van der Waals surface area contributed by atoms with Crippen LogP contribution in [0, 0.1) is 0 Å². The minimum atomic E-state index is -0.564. The van der Waals surface area contributed by atoms with E-state index in [4.69, 9.17) is 4.52 Å². The second-order valence-corrected chi connectivity index (χ2v) is 6.36. The van der Waals surface area contributed by atoms with Crippen LogP contribution in [0.25, 0.3) is 0 Å². The lowest BCUT2D eigenvalue weighted by Crippen LogP contribution is -2.50. The van der Waals surface area contributed by atoms with Crippen LogP contribution in [0.5, 0.6) is 0 Å². The Morgan fingerprint density at radius 1 is 1.35 bits per heavy atom. The summed E-state index contributed by atoms with van der Waals surface area (Å²) in [5, 5.41) is 20.7. The van der Waals surface area contributed by atoms with Gasteiger partial charge >= 0.3 is 0 Å². The fourth-order valence-electron chi connectivity index (χ4n) is 2.81. The first kappa shape index (κ1) is 17.8. The van der Waals surface area contributed by atoms with Crippen molar-refractivity contribution in [3.8, 4) is 0 Å². The van der Waals surface area contributed by atoms with Crippen molar-refractivity contribution in [3.63, 3.8) is 0 Å². The van der Waals surface area contributed by atoms with Gasteiger partial charge in [0.2, 0.25) is 0 Å². The molecular weight excluding hydrogens is 292 g/mol. The van der Waals surface area contributed by atoms with E-state index in [1.807, 2.05) is 13.0 Å². The molecule has 1 fully saturated rings.